The summed E-state index contributed by atoms with van der Waals surface area (Å²) in [5.74, 6) is 0.0810. The molecule has 7 nitrogen and oxygen atoms in total. The Morgan fingerprint density at radius 1 is 1.12 bits per heavy atom. The number of benzene rings is 2. The molecule has 0 radical (unpaired) electrons. The lowest BCUT2D eigenvalue weighted by Gasteiger charge is -2.35. The van der Waals surface area contributed by atoms with Crippen molar-refractivity contribution in [1.29, 1.82) is 0 Å². The van der Waals surface area contributed by atoms with Crippen molar-refractivity contribution in [3.8, 4) is 5.75 Å². The van der Waals surface area contributed by atoms with Crippen molar-refractivity contribution in [1.82, 2.24) is 15.1 Å². The van der Waals surface area contributed by atoms with E-state index in [0.717, 1.165) is 18.4 Å². The molecule has 176 valence electrons. The Bertz CT molecular complexity index is 998. The molecule has 1 saturated carbocycles. The molecule has 1 aliphatic heterocycles. The number of β-amino-alcohol motifs (C(OH)–C–C–N with tert-alkyl or cyclic N) is 1. The maximum Gasteiger partial charge on any atom is 0.255 e. The average Bonchev–Trinajstić information content (AvgIpc) is 3.60. The smallest absolute Gasteiger partial charge is 0.255 e. The zero-order valence-electron chi connectivity index (χ0n) is 18.2. The van der Waals surface area contributed by atoms with E-state index in [1.54, 1.807) is 23.1 Å². The Hall–Kier alpha value is -2.32. The molecule has 1 aliphatic carbocycles. The van der Waals surface area contributed by atoms with Gasteiger partial charge in [0.2, 0.25) is 5.91 Å². The predicted molar refractivity (Wildman–Crippen MR) is 127 cm³/mol. The number of hydrogen-bond donors (Lipinski definition) is 2. The number of amides is 2. The second-order valence-electron chi connectivity index (χ2n) is 8.53. The molecule has 2 aliphatic rings. The summed E-state index contributed by atoms with van der Waals surface area (Å²) in [6.45, 7) is 2.34. The average molecular weight is 492 g/mol. The van der Waals surface area contributed by atoms with Crippen LogP contribution in [0.25, 0.3) is 0 Å². The van der Waals surface area contributed by atoms with E-state index < -0.39 is 6.10 Å². The summed E-state index contributed by atoms with van der Waals surface area (Å²) >= 11 is 12.0. The molecule has 4 rings (SSSR count). The van der Waals surface area contributed by atoms with Crippen molar-refractivity contribution in [3.63, 3.8) is 0 Å². The fraction of sp³-hybridized carbons (Fsp3) is 0.417. The van der Waals surface area contributed by atoms with Crippen LogP contribution in [0.15, 0.2) is 42.5 Å². The van der Waals surface area contributed by atoms with E-state index in [4.69, 9.17) is 27.9 Å². The minimum atomic E-state index is -0.883. The summed E-state index contributed by atoms with van der Waals surface area (Å²) in [7, 11) is 0. The van der Waals surface area contributed by atoms with E-state index in [-0.39, 0.29) is 31.0 Å². The number of aliphatic hydroxyl groups excluding tert-OH is 1. The molecule has 2 aromatic carbocycles. The van der Waals surface area contributed by atoms with Gasteiger partial charge in [-0.25, -0.2) is 0 Å². The Morgan fingerprint density at radius 2 is 1.85 bits per heavy atom. The van der Waals surface area contributed by atoms with Gasteiger partial charge in [0.1, 0.15) is 18.5 Å². The topological polar surface area (TPSA) is 82.1 Å². The zero-order valence-corrected chi connectivity index (χ0v) is 19.7. The second-order valence-corrected chi connectivity index (χ2v) is 9.40. The summed E-state index contributed by atoms with van der Waals surface area (Å²) in [5.41, 5.74) is 1.44. The molecular formula is C24H27Cl2N3O4. The number of hydrogen-bond acceptors (Lipinski definition) is 5. The van der Waals surface area contributed by atoms with Gasteiger partial charge < -0.3 is 20.1 Å². The third kappa shape index (κ3) is 6.84. The fourth-order valence-corrected chi connectivity index (χ4v) is 4.02. The molecule has 0 spiro atoms. The van der Waals surface area contributed by atoms with Gasteiger partial charge in [0.15, 0.2) is 0 Å². The molecule has 0 aromatic heterocycles. The van der Waals surface area contributed by atoms with Crippen LogP contribution in [0.2, 0.25) is 10.0 Å². The summed E-state index contributed by atoms with van der Waals surface area (Å²) in [6.07, 6.45) is 1.07. The second kappa shape index (κ2) is 10.7. The molecule has 1 atom stereocenters. The van der Waals surface area contributed by atoms with Crippen molar-refractivity contribution in [3.05, 3.63) is 63.6 Å². The first-order chi connectivity index (χ1) is 15.9. The predicted octanol–water partition coefficient (Wildman–Crippen LogP) is 2.97. The van der Waals surface area contributed by atoms with Gasteiger partial charge in [-0.1, -0.05) is 35.3 Å². The first-order valence-corrected chi connectivity index (χ1v) is 11.8. The Balaban J connectivity index is 1.26. The maximum absolute atomic E-state index is 12.6. The summed E-state index contributed by atoms with van der Waals surface area (Å²) < 4.78 is 5.73. The molecule has 2 N–H and O–H groups in total. The minimum Gasteiger partial charge on any atom is -0.490 e. The number of halogens is 2. The highest BCUT2D eigenvalue weighted by molar-refractivity contribution is 6.31. The number of rotatable bonds is 9. The van der Waals surface area contributed by atoms with Crippen molar-refractivity contribution >= 4 is 35.0 Å². The van der Waals surface area contributed by atoms with Gasteiger partial charge in [-0.05, 0) is 48.7 Å². The van der Waals surface area contributed by atoms with Gasteiger partial charge in [0.05, 0.1) is 12.1 Å². The van der Waals surface area contributed by atoms with Gasteiger partial charge in [-0.2, -0.15) is 0 Å². The summed E-state index contributed by atoms with van der Waals surface area (Å²) in [4.78, 5) is 28.8. The van der Waals surface area contributed by atoms with Crippen molar-refractivity contribution < 1.29 is 19.4 Å². The fourth-order valence-electron chi connectivity index (χ4n) is 3.72. The Labute approximate surface area is 203 Å². The summed E-state index contributed by atoms with van der Waals surface area (Å²) in [5, 5.41) is 14.5. The lowest BCUT2D eigenvalue weighted by Crippen LogP contribution is -2.52. The lowest BCUT2D eigenvalue weighted by atomic mass is 10.2. The Morgan fingerprint density at radius 3 is 2.55 bits per heavy atom. The molecule has 2 amide bonds. The number of ether oxygens (including phenoxy) is 1. The maximum atomic E-state index is 12.6. The highest BCUT2D eigenvalue weighted by Gasteiger charge is 2.27. The molecule has 0 bridgehead atoms. The largest absolute Gasteiger partial charge is 0.490 e. The van der Waals surface area contributed by atoms with E-state index in [2.05, 4.69) is 10.2 Å². The van der Waals surface area contributed by atoms with Crippen LogP contribution in [0.1, 0.15) is 28.8 Å². The van der Waals surface area contributed by atoms with Gasteiger partial charge in [0, 0.05) is 42.3 Å². The van der Waals surface area contributed by atoms with Crippen LogP contribution in [-0.2, 0) is 11.3 Å². The van der Waals surface area contributed by atoms with Gasteiger partial charge >= 0.3 is 0 Å². The normalized spacial score (nSPS) is 17.7. The van der Waals surface area contributed by atoms with Crippen molar-refractivity contribution in [2.24, 2.45) is 0 Å². The van der Waals surface area contributed by atoms with Crippen LogP contribution in [0.5, 0.6) is 5.75 Å². The quantitative estimate of drug-likeness (QED) is 0.563. The molecule has 2 aromatic rings. The molecule has 9 heteroatoms. The van der Waals surface area contributed by atoms with E-state index in [1.807, 2.05) is 24.3 Å². The first-order valence-electron chi connectivity index (χ1n) is 11.0. The number of piperazine rings is 1. The molecule has 1 saturated heterocycles. The molecule has 2 fully saturated rings. The van der Waals surface area contributed by atoms with Crippen LogP contribution < -0.4 is 10.1 Å². The number of nitrogens with one attached hydrogen (secondary N) is 1. The number of carbonyl (C=O) groups excluding carboxylic acids is 2. The van der Waals surface area contributed by atoms with Gasteiger partial charge in [-0.15, -0.1) is 0 Å². The number of carbonyl (C=O) groups is 2. The van der Waals surface area contributed by atoms with Crippen LogP contribution in [0.3, 0.4) is 0 Å². The number of nitrogens with zero attached hydrogens (tertiary/aromatic N) is 2. The molecular weight excluding hydrogens is 465 g/mol. The third-order valence-electron chi connectivity index (χ3n) is 5.68. The zero-order chi connectivity index (χ0) is 23.4. The number of aliphatic hydroxyl groups is 1. The third-order valence-corrected chi connectivity index (χ3v) is 6.17. The van der Waals surface area contributed by atoms with Crippen molar-refractivity contribution in [2.75, 3.05) is 32.8 Å². The van der Waals surface area contributed by atoms with Crippen LogP contribution in [0.4, 0.5) is 0 Å². The first kappa shape index (κ1) is 23.8. The van der Waals surface area contributed by atoms with Crippen LogP contribution in [-0.4, -0.2) is 71.7 Å². The van der Waals surface area contributed by atoms with E-state index in [0.29, 0.717) is 47.5 Å². The molecule has 0 unspecified atom stereocenters. The van der Waals surface area contributed by atoms with E-state index >= 15 is 0 Å². The SMILES string of the molecule is O=C(NC1CC1)c1cc(Cl)ccc1OC[C@@H](O)CN1CCN(Cc2ccc(Cl)cc2)CC1=O. The van der Waals surface area contributed by atoms with Crippen LogP contribution >= 0.6 is 23.2 Å². The highest BCUT2D eigenvalue weighted by atomic mass is 35.5. The summed E-state index contributed by atoms with van der Waals surface area (Å²) in [6, 6.07) is 12.6. The Kier molecular flexibility index (Phi) is 7.75. The monoisotopic (exact) mass is 491 g/mol. The standard InChI is InChI=1S/C24H27Cl2N3O4/c25-17-3-1-16(2-4-17)12-28-9-10-29(23(31)14-28)13-20(30)15-33-22-8-5-18(26)11-21(22)24(32)27-19-6-7-19/h1-5,8,11,19-20,30H,6-7,9-10,12-15H2,(H,27,32)/t20-/m0/s1. The van der Waals surface area contributed by atoms with E-state index in [1.165, 1.54) is 0 Å². The minimum absolute atomic E-state index is 0.0368. The van der Waals surface area contributed by atoms with Gasteiger partial charge in [0.25, 0.3) is 5.91 Å². The molecule has 1 heterocycles. The lowest BCUT2D eigenvalue weighted by molar-refractivity contribution is -0.138. The molecule has 33 heavy (non-hydrogen) atoms. The van der Waals surface area contributed by atoms with Crippen molar-refractivity contribution in [2.45, 2.75) is 31.5 Å². The van der Waals surface area contributed by atoms with Crippen LogP contribution in [0, 0.1) is 0 Å². The van der Waals surface area contributed by atoms with E-state index in [9.17, 15) is 14.7 Å². The highest BCUT2D eigenvalue weighted by Crippen LogP contribution is 2.26. The van der Waals surface area contributed by atoms with Gasteiger partial charge in [-0.3, -0.25) is 14.5 Å².